The summed E-state index contributed by atoms with van der Waals surface area (Å²) >= 11 is 0. The Kier molecular flexibility index (Phi) is 6.91. The number of methoxy groups -OCH3 is 1. The molecule has 0 spiro atoms. The first-order chi connectivity index (χ1) is 9.34. The van der Waals surface area contributed by atoms with Crippen molar-refractivity contribution in [3.63, 3.8) is 0 Å². The number of sulfonamides is 1. The number of carbonyl (C=O) groups excluding carboxylic acids is 1. The highest BCUT2D eigenvalue weighted by Crippen LogP contribution is 2.16. The fourth-order valence-corrected chi connectivity index (χ4v) is 3.26. The molecule has 6 nitrogen and oxygen atoms in total. The smallest absolute Gasteiger partial charge is 0.223 e. The van der Waals surface area contributed by atoms with Gasteiger partial charge in [-0.15, -0.1) is 0 Å². The number of likely N-dealkylation sites (tertiary alicyclic amines) is 1. The highest BCUT2D eigenvalue weighted by molar-refractivity contribution is 7.88. The number of nitrogens with zero attached hydrogens (tertiary/aromatic N) is 2. The standard InChI is InChI=1S/C13H26N2O4S/c1-12-5-4-7-14(11-12)13(16)6-8-15(9-10-19-2)20(3,17)18/h12H,4-11H2,1-3H3. The van der Waals surface area contributed by atoms with Crippen molar-refractivity contribution < 1.29 is 17.9 Å². The summed E-state index contributed by atoms with van der Waals surface area (Å²) in [4.78, 5) is 14.0. The second kappa shape index (κ2) is 7.95. The summed E-state index contributed by atoms with van der Waals surface area (Å²) in [5.41, 5.74) is 0. The lowest BCUT2D eigenvalue weighted by molar-refractivity contribution is -0.133. The van der Waals surface area contributed by atoms with Crippen molar-refractivity contribution >= 4 is 15.9 Å². The van der Waals surface area contributed by atoms with E-state index in [2.05, 4.69) is 6.92 Å². The van der Waals surface area contributed by atoms with E-state index in [-0.39, 0.29) is 18.9 Å². The molecule has 0 bridgehead atoms. The fraction of sp³-hybridized carbons (Fsp3) is 0.923. The van der Waals surface area contributed by atoms with Gasteiger partial charge in [0.05, 0.1) is 12.9 Å². The summed E-state index contributed by atoms with van der Waals surface area (Å²) in [6.45, 7) is 4.57. The van der Waals surface area contributed by atoms with Gasteiger partial charge >= 0.3 is 0 Å². The zero-order valence-corrected chi connectivity index (χ0v) is 13.5. The SMILES string of the molecule is COCCN(CCC(=O)N1CCCC(C)C1)S(C)(=O)=O. The predicted molar refractivity (Wildman–Crippen MR) is 77.9 cm³/mol. The Labute approximate surface area is 122 Å². The van der Waals surface area contributed by atoms with E-state index in [1.165, 1.54) is 11.4 Å². The maximum absolute atomic E-state index is 12.1. The minimum atomic E-state index is -3.29. The van der Waals surface area contributed by atoms with Crippen molar-refractivity contribution in [3.8, 4) is 0 Å². The molecule has 1 rings (SSSR count). The molecular weight excluding hydrogens is 280 g/mol. The van der Waals surface area contributed by atoms with E-state index in [1.807, 2.05) is 4.90 Å². The van der Waals surface area contributed by atoms with E-state index in [0.717, 1.165) is 32.2 Å². The van der Waals surface area contributed by atoms with Gasteiger partial charge in [-0.1, -0.05) is 6.92 Å². The summed E-state index contributed by atoms with van der Waals surface area (Å²) in [7, 11) is -1.76. The number of piperidine rings is 1. The van der Waals surface area contributed by atoms with Gasteiger partial charge in [-0.25, -0.2) is 8.42 Å². The highest BCUT2D eigenvalue weighted by Gasteiger charge is 2.23. The second-order valence-corrected chi connectivity index (χ2v) is 7.47. The highest BCUT2D eigenvalue weighted by atomic mass is 32.2. The second-order valence-electron chi connectivity index (χ2n) is 5.49. The van der Waals surface area contributed by atoms with Crippen molar-refractivity contribution in [3.05, 3.63) is 0 Å². The first-order valence-electron chi connectivity index (χ1n) is 7.06. The van der Waals surface area contributed by atoms with Crippen LogP contribution < -0.4 is 0 Å². The minimum Gasteiger partial charge on any atom is -0.383 e. The molecule has 0 aromatic rings. The van der Waals surface area contributed by atoms with Gasteiger partial charge in [-0.05, 0) is 18.8 Å². The first-order valence-corrected chi connectivity index (χ1v) is 8.91. The van der Waals surface area contributed by atoms with Crippen LogP contribution in [0.4, 0.5) is 0 Å². The van der Waals surface area contributed by atoms with Gasteiger partial charge in [-0.2, -0.15) is 4.31 Å². The van der Waals surface area contributed by atoms with Crippen LogP contribution in [0.1, 0.15) is 26.2 Å². The number of ether oxygens (including phenoxy) is 1. The van der Waals surface area contributed by atoms with Crippen LogP contribution in [0.5, 0.6) is 0 Å². The van der Waals surface area contributed by atoms with E-state index in [1.54, 1.807) is 0 Å². The maximum atomic E-state index is 12.1. The molecule has 0 aliphatic carbocycles. The molecule has 1 fully saturated rings. The predicted octanol–water partition coefficient (Wildman–Crippen LogP) is 0.543. The van der Waals surface area contributed by atoms with E-state index in [0.29, 0.717) is 19.1 Å². The van der Waals surface area contributed by atoms with Crippen LogP contribution in [0.3, 0.4) is 0 Å². The van der Waals surface area contributed by atoms with Crippen LogP contribution in [-0.2, 0) is 19.6 Å². The average Bonchev–Trinajstić information content (AvgIpc) is 2.37. The fourth-order valence-electron chi connectivity index (χ4n) is 2.43. The van der Waals surface area contributed by atoms with Gasteiger partial charge < -0.3 is 9.64 Å². The third kappa shape index (κ3) is 5.76. The normalized spacial score (nSPS) is 20.4. The molecule has 1 aliphatic heterocycles. The zero-order valence-electron chi connectivity index (χ0n) is 12.7. The number of hydrogen-bond acceptors (Lipinski definition) is 4. The lowest BCUT2D eigenvalue weighted by Crippen LogP contribution is -2.41. The molecule has 7 heteroatoms. The summed E-state index contributed by atoms with van der Waals surface area (Å²) in [5, 5.41) is 0. The molecule has 0 aromatic carbocycles. The third-order valence-electron chi connectivity index (χ3n) is 3.60. The van der Waals surface area contributed by atoms with Gasteiger partial charge in [0.25, 0.3) is 0 Å². The number of hydrogen-bond donors (Lipinski definition) is 0. The van der Waals surface area contributed by atoms with Gasteiger partial charge in [0, 0.05) is 39.7 Å². The topological polar surface area (TPSA) is 66.9 Å². The van der Waals surface area contributed by atoms with Gasteiger partial charge in [0.15, 0.2) is 0 Å². The summed E-state index contributed by atoms with van der Waals surface area (Å²) in [6, 6.07) is 0. The monoisotopic (exact) mass is 306 g/mol. The molecule has 0 N–H and O–H groups in total. The molecule has 1 saturated heterocycles. The Balaban J connectivity index is 2.47. The van der Waals surface area contributed by atoms with Crippen LogP contribution in [0, 0.1) is 5.92 Å². The molecular formula is C13H26N2O4S. The van der Waals surface area contributed by atoms with Crippen LogP contribution in [0.25, 0.3) is 0 Å². The lowest BCUT2D eigenvalue weighted by Gasteiger charge is -2.31. The molecule has 0 saturated carbocycles. The van der Waals surface area contributed by atoms with Crippen molar-refractivity contribution in [1.82, 2.24) is 9.21 Å². The van der Waals surface area contributed by atoms with E-state index >= 15 is 0 Å². The molecule has 1 atom stereocenters. The quantitative estimate of drug-likeness (QED) is 0.688. The van der Waals surface area contributed by atoms with E-state index in [4.69, 9.17) is 4.74 Å². The molecule has 1 aliphatic rings. The summed E-state index contributed by atoms with van der Waals surface area (Å²) < 4.78 is 29.5. The average molecular weight is 306 g/mol. The van der Waals surface area contributed by atoms with Crippen LogP contribution in [0.15, 0.2) is 0 Å². The lowest BCUT2D eigenvalue weighted by atomic mass is 10.00. The number of rotatable bonds is 7. The van der Waals surface area contributed by atoms with Crippen molar-refractivity contribution in [2.45, 2.75) is 26.2 Å². The van der Waals surface area contributed by atoms with Gasteiger partial charge in [-0.3, -0.25) is 4.79 Å². The Morgan fingerprint density at radius 3 is 2.65 bits per heavy atom. The third-order valence-corrected chi connectivity index (χ3v) is 4.90. The molecule has 1 amide bonds. The minimum absolute atomic E-state index is 0.0441. The number of amides is 1. The molecule has 0 aromatic heterocycles. The molecule has 118 valence electrons. The van der Waals surface area contributed by atoms with Gasteiger partial charge in [0.1, 0.15) is 0 Å². The van der Waals surface area contributed by atoms with Crippen LogP contribution in [0.2, 0.25) is 0 Å². The van der Waals surface area contributed by atoms with Gasteiger partial charge in [0.2, 0.25) is 15.9 Å². The van der Waals surface area contributed by atoms with E-state index in [9.17, 15) is 13.2 Å². The van der Waals surface area contributed by atoms with Crippen LogP contribution >= 0.6 is 0 Å². The van der Waals surface area contributed by atoms with Crippen molar-refractivity contribution in [1.29, 1.82) is 0 Å². The Morgan fingerprint density at radius 2 is 2.10 bits per heavy atom. The zero-order chi connectivity index (χ0) is 15.2. The molecule has 1 heterocycles. The van der Waals surface area contributed by atoms with E-state index < -0.39 is 10.0 Å². The first kappa shape index (κ1) is 17.4. The summed E-state index contributed by atoms with van der Waals surface area (Å²) in [6.07, 6.45) is 3.60. The Hall–Kier alpha value is -0.660. The Morgan fingerprint density at radius 1 is 1.40 bits per heavy atom. The maximum Gasteiger partial charge on any atom is 0.223 e. The molecule has 1 unspecified atom stereocenters. The molecule has 0 radical (unpaired) electrons. The van der Waals surface area contributed by atoms with Crippen molar-refractivity contribution in [2.75, 3.05) is 46.2 Å². The molecule has 20 heavy (non-hydrogen) atoms. The Bertz CT molecular complexity index is 411. The largest absolute Gasteiger partial charge is 0.383 e. The van der Waals surface area contributed by atoms with Crippen molar-refractivity contribution in [2.24, 2.45) is 5.92 Å². The number of carbonyl (C=O) groups is 1. The van der Waals surface area contributed by atoms with Crippen LogP contribution in [-0.4, -0.2) is 69.7 Å². The summed E-state index contributed by atoms with van der Waals surface area (Å²) in [5.74, 6) is 0.579.